The van der Waals surface area contributed by atoms with Crippen molar-refractivity contribution in [3.05, 3.63) is 76.1 Å². The highest BCUT2D eigenvalue weighted by Crippen LogP contribution is 2.29. The average Bonchev–Trinajstić information content (AvgIpc) is 3.16. The number of ether oxygens (including phenoxy) is 3. The molecule has 0 unspecified atom stereocenters. The van der Waals surface area contributed by atoms with Crippen LogP contribution < -0.4 is 0 Å². The number of hydrogen-bond acceptors (Lipinski definition) is 8. The van der Waals surface area contributed by atoms with E-state index in [0.29, 0.717) is 5.56 Å². The Morgan fingerprint density at radius 2 is 1.48 bits per heavy atom. The largest absolute Gasteiger partial charge is 0.465 e. The molecule has 9 heteroatoms. The first-order valence-corrected chi connectivity index (χ1v) is 9.84. The Labute approximate surface area is 189 Å². The summed E-state index contributed by atoms with van der Waals surface area (Å²) in [5.41, 5.74) is 0.0750. The number of carbonyl (C=O) groups is 4. The fraction of sp³-hybridized carbons (Fsp3) is 0.208. The molecular weight excluding hydrogens is 428 g/mol. The highest BCUT2D eigenvalue weighted by atomic mass is 16.5. The van der Waals surface area contributed by atoms with Crippen molar-refractivity contribution in [3.8, 4) is 6.07 Å². The van der Waals surface area contributed by atoms with Gasteiger partial charge in [0.05, 0.1) is 43.0 Å². The number of carbonyl (C=O) groups excluding carboxylic acids is 4. The molecule has 2 heterocycles. The van der Waals surface area contributed by atoms with Crippen LogP contribution in [0.15, 0.2) is 42.6 Å². The second-order valence-electron chi connectivity index (χ2n) is 7.22. The summed E-state index contributed by atoms with van der Waals surface area (Å²) in [5.74, 6) is -3.05. The van der Waals surface area contributed by atoms with Crippen LogP contribution in [-0.4, -0.2) is 48.4 Å². The molecule has 0 saturated carbocycles. The van der Waals surface area contributed by atoms with Crippen molar-refractivity contribution in [2.75, 3.05) is 14.2 Å². The summed E-state index contributed by atoms with van der Waals surface area (Å²) >= 11 is 0. The zero-order valence-electron chi connectivity index (χ0n) is 18.4. The molecule has 0 aliphatic heterocycles. The number of hydrogen-bond donors (Lipinski definition) is 0. The highest BCUT2D eigenvalue weighted by Gasteiger charge is 2.33. The van der Waals surface area contributed by atoms with Gasteiger partial charge in [0, 0.05) is 11.8 Å². The summed E-state index contributed by atoms with van der Waals surface area (Å²) in [4.78, 5) is 51.2. The molecule has 0 aliphatic carbocycles. The van der Waals surface area contributed by atoms with Crippen LogP contribution in [0.25, 0.3) is 5.52 Å². The Bertz CT molecular complexity index is 1310. The molecule has 0 bridgehead atoms. The van der Waals surface area contributed by atoms with Gasteiger partial charge in [-0.15, -0.1) is 0 Å². The van der Waals surface area contributed by atoms with Crippen molar-refractivity contribution in [2.45, 2.75) is 20.0 Å². The van der Waals surface area contributed by atoms with E-state index in [-0.39, 0.29) is 39.6 Å². The molecule has 33 heavy (non-hydrogen) atoms. The molecule has 0 saturated heterocycles. The molecule has 9 nitrogen and oxygen atoms in total. The van der Waals surface area contributed by atoms with Gasteiger partial charge in [-0.1, -0.05) is 0 Å². The van der Waals surface area contributed by atoms with Gasteiger partial charge in [0.1, 0.15) is 16.8 Å². The van der Waals surface area contributed by atoms with Gasteiger partial charge in [0.25, 0.3) is 0 Å². The minimum atomic E-state index is -0.928. The first-order valence-electron chi connectivity index (χ1n) is 9.84. The Morgan fingerprint density at radius 1 is 0.879 bits per heavy atom. The van der Waals surface area contributed by atoms with Crippen LogP contribution in [0, 0.1) is 11.3 Å². The molecular formula is C24H20N2O7. The van der Waals surface area contributed by atoms with Gasteiger partial charge >= 0.3 is 17.9 Å². The lowest BCUT2D eigenvalue weighted by atomic mass is 10.0. The molecule has 3 rings (SSSR count). The van der Waals surface area contributed by atoms with Gasteiger partial charge in [0.15, 0.2) is 0 Å². The molecule has 0 amide bonds. The quantitative estimate of drug-likeness (QED) is 0.320. The molecule has 1 aromatic carbocycles. The Balaban J connectivity index is 2.34. The van der Waals surface area contributed by atoms with E-state index in [1.807, 2.05) is 6.07 Å². The predicted molar refractivity (Wildman–Crippen MR) is 115 cm³/mol. The summed E-state index contributed by atoms with van der Waals surface area (Å²) in [6.45, 7) is 3.38. The molecule has 0 radical (unpaired) electrons. The molecule has 168 valence electrons. The molecule has 3 aromatic rings. The first kappa shape index (κ1) is 23.2. The number of rotatable bonds is 6. The van der Waals surface area contributed by atoms with Crippen LogP contribution in [-0.2, 0) is 14.2 Å². The van der Waals surface area contributed by atoms with Crippen LogP contribution in [0.5, 0.6) is 0 Å². The number of esters is 3. The molecule has 0 atom stereocenters. The monoisotopic (exact) mass is 448 g/mol. The second kappa shape index (κ2) is 9.36. The van der Waals surface area contributed by atoms with Crippen molar-refractivity contribution in [1.29, 1.82) is 5.26 Å². The van der Waals surface area contributed by atoms with Crippen molar-refractivity contribution >= 4 is 29.2 Å². The maximum Gasteiger partial charge on any atom is 0.341 e. The van der Waals surface area contributed by atoms with E-state index in [4.69, 9.17) is 19.5 Å². The van der Waals surface area contributed by atoms with Crippen LogP contribution >= 0.6 is 0 Å². The number of methoxy groups -OCH3 is 2. The zero-order chi connectivity index (χ0) is 24.3. The third-order valence-corrected chi connectivity index (χ3v) is 4.79. The topological polar surface area (TPSA) is 124 Å². The van der Waals surface area contributed by atoms with E-state index < -0.39 is 23.7 Å². The first-order chi connectivity index (χ1) is 15.7. The number of nitrogens with zero attached hydrogens (tertiary/aromatic N) is 2. The van der Waals surface area contributed by atoms with Gasteiger partial charge in [-0.2, -0.15) is 5.26 Å². The smallest absolute Gasteiger partial charge is 0.341 e. The minimum absolute atomic E-state index is 0.0949. The molecule has 0 aliphatic rings. The van der Waals surface area contributed by atoms with Crippen LogP contribution in [0.2, 0.25) is 0 Å². The number of pyridine rings is 1. The van der Waals surface area contributed by atoms with E-state index in [1.165, 1.54) is 47.0 Å². The highest BCUT2D eigenvalue weighted by molar-refractivity contribution is 6.20. The normalized spacial score (nSPS) is 10.5. The van der Waals surface area contributed by atoms with Gasteiger partial charge in [-0.05, 0) is 50.2 Å². The van der Waals surface area contributed by atoms with Gasteiger partial charge in [-0.25, -0.2) is 14.4 Å². The standard InChI is InChI=1S/C24H20N2O7/c1-13(2)33-22(28)16-9-10-26-17(11-16)18(23(29)31-3)19(24(30)32-4)20(26)21(27)15-7-5-14(12-25)6-8-15/h5-11,13H,1-4H3. The van der Waals surface area contributed by atoms with Crippen molar-refractivity contribution in [2.24, 2.45) is 0 Å². The number of ketones is 1. The SMILES string of the molecule is COC(=O)c1c(C(=O)OC)c2cc(C(=O)OC(C)C)ccn2c1C(=O)c1ccc(C#N)cc1. The van der Waals surface area contributed by atoms with E-state index in [9.17, 15) is 19.2 Å². The molecule has 0 N–H and O–H groups in total. The van der Waals surface area contributed by atoms with Crippen LogP contribution in [0.4, 0.5) is 0 Å². The lowest BCUT2D eigenvalue weighted by Crippen LogP contribution is -2.15. The predicted octanol–water partition coefficient (Wildman–Crippen LogP) is 3.18. The lowest BCUT2D eigenvalue weighted by Gasteiger charge is -2.09. The van der Waals surface area contributed by atoms with E-state index >= 15 is 0 Å². The summed E-state index contributed by atoms with van der Waals surface area (Å²) in [7, 11) is 2.25. The van der Waals surface area contributed by atoms with Crippen molar-refractivity contribution in [1.82, 2.24) is 4.40 Å². The average molecular weight is 448 g/mol. The molecule has 0 fully saturated rings. The number of nitriles is 1. The number of aromatic nitrogens is 1. The van der Waals surface area contributed by atoms with Crippen LogP contribution in [0.3, 0.4) is 0 Å². The number of benzene rings is 1. The molecule has 0 spiro atoms. The summed E-state index contributed by atoms with van der Waals surface area (Å²) in [5, 5.41) is 9.00. The summed E-state index contributed by atoms with van der Waals surface area (Å²) < 4.78 is 16.2. The van der Waals surface area contributed by atoms with Crippen LogP contribution in [0.1, 0.15) is 66.5 Å². The van der Waals surface area contributed by atoms with Gasteiger partial charge < -0.3 is 18.6 Å². The second-order valence-corrected chi connectivity index (χ2v) is 7.22. The number of fused-ring (bicyclic) bond motifs is 1. The van der Waals surface area contributed by atoms with Gasteiger partial charge in [0.2, 0.25) is 5.78 Å². The lowest BCUT2D eigenvalue weighted by molar-refractivity contribution is 0.0377. The zero-order valence-corrected chi connectivity index (χ0v) is 18.4. The van der Waals surface area contributed by atoms with E-state index in [1.54, 1.807) is 13.8 Å². The fourth-order valence-corrected chi connectivity index (χ4v) is 3.33. The fourth-order valence-electron chi connectivity index (χ4n) is 3.33. The Hall–Kier alpha value is -4.45. The third kappa shape index (κ3) is 4.32. The van der Waals surface area contributed by atoms with Crippen molar-refractivity contribution < 1.29 is 33.4 Å². The Morgan fingerprint density at radius 3 is 2.03 bits per heavy atom. The maximum absolute atomic E-state index is 13.4. The Kier molecular flexibility index (Phi) is 6.59. The van der Waals surface area contributed by atoms with Crippen molar-refractivity contribution in [3.63, 3.8) is 0 Å². The minimum Gasteiger partial charge on any atom is -0.465 e. The summed E-state index contributed by atoms with van der Waals surface area (Å²) in [6, 6.07) is 10.5. The van der Waals surface area contributed by atoms with E-state index in [2.05, 4.69) is 0 Å². The maximum atomic E-state index is 13.4. The van der Waals surface area contributed by atoms with Gasteiger partial charge in [-0.3, -0.25) is 4.79 Å². The molecule has 2 aromatic heterocycles. The summed E-state index contributed by atoms with van der Waals surface area (Å²) in [6.07, 6.45) is 1.02. The van der Waals surface area contributed by atoms with E-state index in [0.717, 1.165) is 14.2 Å². The third-order valence-electron chi connectivity index (χ3n) is 4.79.